The highest BCUT2D eigenvalue weighted by Gasteiger charge is 2.54. The quantitative estimate of drug-likeness (QED) is 0.885. The van der Waals surface area contributed by atoms with Gasteiger partial charge in [0.05, 0.1) is 22.5 Å². The molecule has 2 aromatic heterocycles. The lowest BCUT2D eigenvalue weighted by Gasteiger charge is -2.58. The lowest BCUT2D eigenvalue weighted by molar-refractivity contribution is -0.129. The molecule has 5 atom stereocenters. The fraction of sp³-hybridized carbons (Fsp3) is 0.550. The van der Waals surface area contributed by atoms with Gasteiger partial charge < -0.3 is 14.9 Å². The lowest BCUT2D eigenvalue weighted by Crippen LogP contribution is -2.59. The first-order valence-electron chi connectivity index (χ1n) is 9.63. The Bertz CT molecular complexity index is 875. The van der Waals surface area contributed by atoms with Crippen molar-refractivity contribution < 1.29 is 9.63 Å². The molecule has 5 aliphatic rings. The smallest absolute Gasteiger partial charge is 0.214 e. The number of rotatable bonds is 3. The second-order valence-corrected chi connectivity index (χ2v) is 8.63. The highest BCUT2D eigenvalue weighted by Crippen LogP contribution is 2.56. The average molecular weight is 350 g/mol. The number of hydrogen-bond donors (Lipinski definition) is 2. The summed E-state index contributed by atoms with van der Waals surface area (Å²) in [5.41, 5.74) is 3.82. The number of hydrogen-bond acceptors (Lipinski definition) is 6. The summed E-state index contributed by atoms with van der Waals surface area (Å²) in [7, 11) is 0. The molecule has 3 unspecified atom stereocenters. The van der Waals surface area contributed by atoms with Crippen LogP contribution >= 0.6 is 0 Å². The van der Waals surface area contributed by atoms with Crippen LogP contribution in [0, 0.1) is 17.8 Å². The Balaban J connectivity index is 1.41. The number of allylic oxidation sites excluding steroid dienone is 1. The number of pyridine rings is 1. The van der Waals surface area contributed by atoms with E-state index in [1.165, 1.54) is 19.2 Å². The van der Waals surface area contributed by atoms with E-state index < -0.39 is 5.60 Å². The van der Waals surface area contributed by atoms with Gasteiger partial charge in [-0.2, -0.15) is 4.98 Å². The Morgan fingerprint density at radius 3 is 2.73 bits per heavy atom. The summed E-state index contributed by atoms with van der Waals surface area (Å²) in [6, 6.07) is 0.401. The summed E-state index contributed by atoms with van der Waals surface area (Å²) >= 11 is 0. The van der Waals surface area contributed by atoms with E-state index in [0.717, 1.165) is 48.2 Å². The second-order valence-electron chi connectivity index (χ2n) is 8.63. The van der Waals surface area contributed by atoms with Gasteiger partial charge in [-0.3, -0.25) is 4.98 Å². The van der Waals surface area contributed by atoms with E-state index in [-0.39, 0.29) is 0 Å². The van der Waals surface area contributed by atoms with Crippen LogP contribution in [0.2, 0.25) is 0 Å². The first kappa shape index (κ1) is 14.9. The van der Waals surface area contributed by atoms with Gasteiger partial charge in [-0.25, -0.2) is 0 Å². The van der Waals surface area contributed by atoms with Crippen molar-refractivity contribution in [1.29, 1.82) is 0 Å². The molecule has 7 rings (SSSR count). The van der Waals surface area contributed by atoms with Crippen LogP contribution in [-0.2, 0) is 6.42 Å². The standard InChI is InChI=1S/C20H22N4O2/c25-20-6-11-4-12(7-20)17(13(5-11)8-20)23-18-14-2-1-3-16(14)21-9-15(18)19-22-10-26-24-19/h1-2,9-13,17,25H,3-8H2,(H,21,23)/t11?,12-,13+,17?,20?. The van der Waals surface area contributed by atoms with Crippen LogP contribution in [0.3, 0.4) is 0 Å². The first-order valence-corrected chi connectivity index (χ1v) is 9.63. The van der Waals surface area contributed by atoms with Crippen LogP contribution in [0.15, 0.2) is 23.2 Å². The van der Waals surface area contributed by atoms with E-state index in [2.05, 4.69) is 32.6 Å². The van der Waals surface area contributed by atoms with Gasteiger partial charge in [-0.05, 0) is 49.9 Å². The molecule has 4 saturated carbocycles. The molecule has 0 aromatic carbocycles. The van der Waals surface area contributed by atoms with E-state index in [0.29, 0.717) is 29.6 Å². The minimum Gasteiger partial charge on any atom is -0.390 e. The minimum atomic E-state index is -0.411. The molecule has 0 amide bonds. The number of aliphatic hydroxyl groups is 1. The second kappa shape index (κ2) is 5.16. The Hall–Kier alpha value is -2.21. The third-order valence-corrected chi connectivity index (χ3v) is 6.95. The maximum atomic E-state index is 10.9. The van der Waals surface area contributed by atoms with Gasteiger partial charge in [-0.1, -0.05) is 17.3 Å². The van der Waals surface area contributed by atoms with Crippen molar-refractivity contribution in [3.63, 3.8) is 0 Å². The van der Waals surface area contributed by atoms with Crippen molar-refractivity contribution in [2.75, 3.05) is 5.32 Å². The van der Waals surface area contributed by atoms with Gasteiger partial charge >= 0.3 is 0 Å². The molecule has 2 N–H and O–H groups in total. The van der Waals surface area contributed by atoms with Crippen molar-refractivity contribution in [2.24, 2.45) is 17.8 Å². The zero-order chi connectivity index (χ0) is 17.3. The van der Waals surface area contributed by atoms with Crippen LogP contribution in [0.5, 0.6) is 0 Å². The Morgan fingerprint density at radius 2 is 2.00 bits per heavy atom. The van der Waals surface area contributed by atoms with Crippen molar-refractivity contribution in [1.82, 2.24) is 15.1 Å². The third kappa shape index (κ3) is 2.11. The van der Waals surface area contributed by atoms with Crippen molar-refractivity contribution in [3.8, 4) is 11.4 Å². The van der Waals surface area contributed by atoms with Gasteiger partial charge in [0.25, 0.3) is 0 Å². The van der Waals surface area contributed by atoms with Gasteiger partial charge in [0.1, 0.15) is 0 Å². The molecular formula is C20H22N4O2. The molecule has 134 valence electrons. The summed E-state index contributed by atoms with van der Waals surface area (Å²) in [6.45, 7) is 0. The number of aromatic nitrogens is 3. The lowest BCUT2D eigenvalue weighted by atomic mass is 9.52. The van der Waals surface area contributed by atoms with Crippen LogP contribution in [0.1, 0.15) is 43.4 Å². The van der Waals surface area contributed by atoms with Crippen molar-refractivity contribution in [2.45, 2.75) is 50.2 Å². The number of anilines is 1. The molecule has 0 saturated heterocycles. The molecular weight excluding hydrogens is 328 g/mol. The molecule has 6 heteroatoms. The van der Waals surface area contributed by atoms with Gasteiger partial charge in [0, 0.05) is 24.2 Å². The van der Waals surface area contributed by atoms with Gasteiger partial charge in [0.15, 0.2) is 0 Å². The average Bonchev–Trinajstić information content (AvgIpc) is 3.27. The summed E-state index contributed by atoms with van der Waals surface area (Å²) in [5.74, 6) is 2.36. The van der Waals surface area contributed by atoms with Crippen molar-refractivity contribution in [3.05, 3.63) is 29.9 Å². The Labute approximate surface area is 151 Å². The monoisotopic (exact) mass is 350 g/mol. The SMILES string of the molecule is OC12CC3C[C@H](C1)C(Nc1c(-c4ncon4)cnc4c1C=CC4)[C@@H](C3)C2. The maximum Gasteiger partial charge on any atom is 0.214 e. The van der Waals surface area contributed by atoms with Crippen LogP contribution in [0.4, 0.5) is 5.69 Å². The Kier molecular flexibility index (Phi) is 2.96. The van der Waals surface area contributed by atoms with Crippen molar-refractivity contribution >= 4 is 11.8 Å². The predicted octanol–water partition coefficient (Wildman–Crippen LogP) is 3.05. The molecule has 6 nitrogen and oxygen atoms in total. The summed E-state index contributed by atoms with van der Waals surface area (Å²) in [4.78, 5) is 8.85. The molecule has 4 fully saturated rings. The van der Waals surface area contributed by atoms with E-state index in [4.69, 9.17) is 4.52 Å². The highest BCUT2D eigenvalue weighted by atomic mass is 16.5. The number of nitrogens with zero attached hydrogens (tertiary/aromatic N) is 3. The van der Waals surface area contributed by atoms with E-state index >= 15 is 0 Å². The molecule has 4 bridgehead atoms. The summed E-state index contributed by atoms with van der Waals surface area (Å²) in [6.07, 6.45) is 13.7. The number of fused-ring (bicyclic) bond motifs is 1. The first-order chi connectivity index (χ1) is 12.7. The fourth-order valence-corrected chi connectivity index (χ4v) is 6.19. The van der Waals surface area contributed by atoms with Gasteiger partial charge in [-0.15, -0.1) is 0 Å². The summed E-state index contributed by atoms with van der Waals surface area (Å²) < 4.78 is 4.97. The Morgan fingerprint density at radius 1 is 1.15 bits per heavy atom. The largest absolute Gasteiger partial charge is 0.390 e. The molecule has 0 radical (unpaired) electrons. The van der Waals surface area contributed by atoms with E-state index in [1.54, 1.807) is 0 Å². The topological polar surface area (TPSA) is 84.1 Å². The summed E-state index contributed by atoms with van der Waals surface area (Å²) in [5, 5.41) is 18.8. The van der Waals surface area contributed by atoms with Crippen LogP contribution in [0.25, 0.3) is 17.5 Å². The third-order valence-electron chi connectivity index (χ3n) is 6.95. The number of nitrogens with one attached hydrogen (secondary N) is 1. The molecule has 2 heterocycles. The molecule has 26 heavy (non-hydrogen) atoms. The predicted molar refractivity (Wildman–Crippen MR) is 96.2 cm³/mol. The normalized spacial score (nSPS) is 36.5. The van der Waals surface area contributed by atoms with E-state index in [1.807, 2.05) is 6.20 Å². The van der Waals surface area contributed by atoms with Crippen LogP contribution in [-0.4, -0.2) is 31.9 Å². The maximum absolute atomic E-state index is 10.9. The molecule has 2 aromatic rings. The molecule has 5 aliphatic carbocycles. The highest BCUT2D eigenvalue weighted by molar-refractivity contribution is 5.84. The minimum absolute atomic E-state index is 0.401. The fourth-order valence-electron chi connectivity index (χ4n) is 6.19. The van der Waals surface area contributed by atoms with Gasteiger partial charge in [0.2, 0.25) is 12.2 Å². The zero-order valence-electron chi connectivity index (χ0n) is 14.6. The molecule has 0 spiro atoms. The van der Waals surface area contributed by atoms with E-state index in [9.17, 15) is 5.11 Å². The van der Waals surface area contributed by atoms with Crippen LogP contribution < -0.4 is 5.32 Å². The zero-order valence-corrected chi connectivity index (χ0v) is 14.6. The molecule has 0 aliphatic heterocycles.